The summed E-state index contributed by atoms with van der Waals surface area (Å²) < 4.78 is 57.6. The molecule has 0 aromatic carbocycles. The highest BCUT2D eigenvalue weighted by Gasteiger charge is 2.42. The summed E-state index contributed by atoms with van der Waals surface area (Å²) in [6.07, 6.45) is -4.22. The van der Waals surface area contributed by atoms with Crippen molar-refractivity contribution in [1.82, 2.24) is 9.78 Å². The van der Waals surface area contributed by atoms with Crippen molar-refractivity contribution in [2.75, 3.05) is 44.4 Å². The van der Waals surface area contributed by atoms with E-state index in [0.29, 0.717) is 11.3 Å². The van der Waals surface area contributed by atoms with Crippen LogP contribution in [0.2, 0.25) is 25.7 Å². The minimum Gasteiger partial charge on any atom is -0.481 e. The number of halogens is 3. The van der Waals surface area contributed by atoms with Gasteiger partial charge >= 0.3 is 12.1 Å². The summed E-state index contributed by atoms with van der Waals surface area (Å²) in [6.45, 7) is 7.26. The van der Waals surface area contributed by atoms with Gasteiger partial charge < -0.3 is 24.2 Å². The van der Waals surface area contributed by atoms with Crippen LogP contribution in [0.1, 0.15) is 12.0 Å². The second kappa shape index (κ2) is 11.3. The summed E-state index contributed by atoms with van der Waals surface area (Å²) in [4.78, 5) is 24.2. The fourth-order valence-corrected chi connectivity index (χ4v) is 3.64. The predicted octanol–water partition coefficient (Wildman–Crippen LogP) is 2.27. The van der Waals surface area contributed by atoms with Gasteiger partial charge in [-0.3, -0.25) is 9.59 Å². The number of hydrogen-bond donors (Lipinski definition) is 1. The highest BCUT2D eigenvalue weighted by molar-refractivity contribution is 6.76. The van der Waals surface area contributed by atoms with E-state index in [1.807, 2.05) is 0 Å². The molecule has 0 amide bonds. The normalized spacial score (nSPS) is 15.1. The van der Waals surface area contributed by atoms with Gasteiger partial charge in [-0.25, -0.2) is 4.68 Å². The molecule has 1 aromatic heterocycles. The summed E-state index contributed by atoms with van der Waals surface area (Å²) in [5, 5.41) is 12.4. The van der Waals surface area contributed by atoms with Crippen molar-refractivity contribution in [2.24, 2.45) is 0 Å². The topological polar surface area (TPSA) is 103 Å². The number of carboxylic acid groups (broad SMARTS) is 1. The minimum atomic E-state index is -4.83. The Morgan fingerprint density at radius 3 is 2.47 bits per heavy atom. The first-order chi connectivity index (χ1) is 14.9. The fraction of sp³-hybridized carbons (Fsp3) is 0.737. The van der Waals surface area contributed by atoms with E-state index in [2.05, 4.69) is 24.7 Å². The lowest BCUT2D eigenvalue weighted by atomic mass is 10.1. The fourth-order valence-electron chi connectivity index (χ4n) is 2.88. The molecule has 0 unspecified atom stereocenters. The van der Waals surface area contributed by atoms with Crippen LogP contribution in [0.4, 0.5) is 18.9 Å². The maximum absolute atomic E-state index is 13.6. The molecular weight excluding hydrogens is 451 g/mol. The largest absolute Gasteiger partial charge is 0.481 e. The number of aliphatic carboxylic acids is 1. The smallest absolute Gasteiger partial charge is 0.423 e. The molecule has 0 atom stereocenters. The molecule has 9 nitrogen and oxygen atoms in total. The Morgan fingerprint density at radius 2 is 1.88 bits per heavy atom. The molecule has 1 aliphatic rings. The Labute approximate surface area is 185 Å². The Morgan fingerprint density at radius 1 is 1.19 bits per heavy atom. The Kier molecular flexibility index (Phi) is 9.25. The molecule has 182 valence electrons. The van der Waals surface area contributed by atoms with E-state index >= 15 is 0 Å². The van der Waals surface area contributed by atoms with E-state index < -0.39 is 31.3 Å². The minimum absolute atomic E-state index is 0.0637. The SMILES string of the molecule is C[Si](C)(C)CCOCn1ncc(N2CC(OCCOCCC(=O)O)C2)c(C(F)(F)F)c1=O. The molecule has 13 heteroatoms. The maximum Gasteiger partial charge on any atom is 0.423 e. The van der Waals surface area contributed by atoms with Crippen LogP contribution in [0.25, 0.3) is 0 Å². The molecule has 0 bridgehead atoms. The molecule has 32 heavy (non-hydrogen) atoms. The molecule has 1 N–H and O–H groups in total. The van der Waals surface area contributed by atoms with Gasteiger partial charge in [0.25, 0.3) is 5.56 Å². The van der Waals surface area contributed by atoms with Gasteiger partial charge in [-0.05, 0) is 6.04 Å². The number of carboxylic acids is 1. The van der Waals surface area contributed by atoms with Crippen molar-refractivity contribution in [2.45, 2.75) is 51.1 Å². The molecule has 0 aliphatic carbocycles. The summed E-state index contributed by atoms with van der Waals surface area (Å²) in [5.41, 5.74) is -2.78. The first kappa shape index (κ1) is 26.3. The third-order valence-electron chi connectivity index (χ3n) is 4.75. The van der Waals surface area contributed by atoms with Crippen molar-refractivity contribution in [3.8, 4) is 0 Å². The van der Waals surface area contributed by atoms with E-state index in [9.17, 15) is 22.8 Å². The van der Waals surface area contributed by atoms with Crippen molar-refractivity contribution in [3.05, 3.63) is 22.1 Å². The zero-order valence-electron chi connectivity index (χ0n) is 18.5. The van der Waals surface area contributed by atoms with E-state index in [1.165, 1.54) is 4.90 Å². The number of hydrogen-bond acceptors (Lipinski definition) is 7. The summed E-state index contributed by atoms with van der Waals surface area (Å²) in [6, 6.07) is 0.825. The average Bonchev–Trinajstić information content (AvgIpc) is 2.61. The highest BCUT2D eigenvalue weighted by atomic mass is 28.3. The highest BCUT2D eigenvalue weighted by Crippen LogP contribution is 2.35. The monoisotopic (exact) mass is 481 g/mol. The van der Waals surface area contributed by atoms with Gasteiger partial charge in [0.2, 0.25) is 0 Å². The van der Waals surface area contributed by atoms with E-state index in [0.717, 1.165) is 12.2 Å². The molecule has 1 saturated heterocycles. The number of alkyl halides is 3. The van der Waals surface area contributed by atoms with Gasteiger partial charge in [0.1, 0.15) is 12.3 Å². The number of carbonyl (C=O) groups is 1. The van der Waals surface area contributed by atoms with Gasteiger partial charge in [0.05, 0.1) is 44.2 Å². The van der Waals surface area contributed by atoms with Gasteiger partial charge in [-0.2, -0.15) is 18.3 Å². The second-order valence-electron chi connectivity index (χ2n) is 8.71. The maximum atomic E-state index is 13.6. The Balaban J connectivity index is 1.91. The van der Waals surface area contributed by atoms with Crippen molar-refractivity contribution in [3.63, 3.8) is 0 Å². The number of aromatic nitrogens is 2. The molecule has 1 fully saturated rings. The zero-order chi connectivity index (χ0) is 23.9. The quantitative estimate of drug-likeness (QED) is 0.338. The van der Waals surface area contributed by atoms with Gasteiger partial charge in [0.15, 0.2) is 0 Å². The number of anilines is 1. The molecule has 0 radical (unpaired) electrons. The zero-order valence-corrected chi connectivity index (χ0v) is 19.5. The summed E-state index contributed by atoms with van der Waals surface area (Å²) in [7, 11) is -1.36. The number of ether oxygens (including phenoxy) is 3. The van der Waals surface area contributed by atoms with Crippen LogP contribution < -0.4 is 10.5 Å². The number of rotatable bonds is 13. The molecular formula is C19H30F3N3O6Si. The van der Waals surface area contributed by atoms with Crippen LogP contribution in [0.15, 0.2) is 11.0 Å². The average molecular weight is 482 g/mol. The summed E-state index contributed by atoms with van der Waals surface area (Å²) in [5.74, 6) is -0.963. The molecule has 2 heterocycles. The predicted molar refractivity (Wildman–Crippen MR) is 113 cm³/mol. The van der Waals surface area contributed by atoms with Crippen molar-refractivity contribution in [1.29, 1.82) is 0 Å². The van der Waals surface area contributed by atoms with E-state index in [-0.39, 0.29) is 57.9 Å². The Hall–Kier alpha value is -1.96. The lowest BCUT2D eigenvalue weighted by molar-refractivity contribution is -0.139. The third kappa shape index (κ3) is 8.19. The van der Waals surface area contributed by atoms with Gasteiger partial charge in [0, 0.05) is 27.8 Å². The standard InChI is InChI=1S/C19H30F3N3O6Si/c1-32(2,3)9-8-30-13-25-18(28)17(19(20,21)22)15(10-23-25)24-11-14(12-24)31-7-6-29-5-4-16(26)27/h10,14H,4-9,11-13H2,1-3H3,(H,26,27). The third-order valence-corrected chi connectivity index (χ3v) is 6.45. The van der Waals surface area contributed by atoms with Crippen LogP contribution >= 0.6 is 0 Å². The lowest BCUT2D eigenvalue weighted by Crippen LogP contribution is -2.54. The van der Waals surface area contributed by atoms with Gasteiger partial charge in [-0.1, -0.05) is 19.6 Å². The number of nitrogens with zero attached hydrogens (tertiary/aromatic N) is 3. The summed E-state index contributed by atoms with van der Waals surface area (Å²) >= 11 is 0. The van der Waals surface area contributed by atoms with Gasteiger partial charge in [-0.15, -0.1) is 0 Å². The van der Waals surface area contributed by atoms with Crippen LogP contribution in [0, 0.1) is 0 Å². The second-order valence-corrected chi connectivity index (χ2v) is 14.3. The molecule has 0 saturated carbocycles. The van der Waals surface area contributed by atoms with Crippen LogP contribution in [-0.4, -0.2) is 74.6 Å². The van der Waals surface area contributed by atoms with Crippen LogP contribution in [0.3, 0.4) is 0 Å². The van der Waals surface area contributed by atoms with Crippen LogP contribution in [0.5, 0.6) is 0 Å². The Bertz CT molecular complexity index is 822. The molecule has 2 rings (SSSR count). The van der Waals surface area contributed by atoms with E-state index in [1.54, 1.807) is 0 Å². The first-order valence-electron chi connectivity index (χ1n) is 10.3. The van der Waals surface area contributed by atoms with Crippen LogP contribution in [-0.2, 0) is 31.9 Å². The molecule has 1 aromatic rings. The first-order valence-corrected chi connectivity index (χ1v) is 14.0. The molecule has 0 spiro atoms. The van der Waals surface area contributed by atoms with E-state index in [4.69, 9.17) is 19.3 Å². The van der Waals surface area contributed by atoms with Crippen molar-refractivity contribution >= 4 is 19.7 Å². The molecule has 1 aliphatic heterocycles. The van der Waals surface area contributed by atoms with Crippen molar-refractivity contribution < 1.29 is 37.3 Å². The lowest BCUT2D eigenvalue weighted by Gasteiger charge is -2.41.